The third-order valence-corrected chi connectivity index (χ3v) is 4.83. The number of aromatic nitrogens is 1. The van der Waals surface area contributed by atoms with E-state index in [1.807, 2.05) is 0 Å². The first-order chi connectivity index (χ1) is 9.13. The highest BCUT2D eigenvalue weighted by Gasteiger charge is 2.39. The number of pyridine rings is 1. The van der Waals surface area contributed by atoms with Crippen molar-refractivity contribution in [3.05, 3.63) is 22.8 Å². The molecular formula is C14H18ClN3O. The van der Waals surface area contributed by atoms with Gasteiger partial charge in [-0.15, -0.1) is 0 Å². The number of nitrogen functional groups attached to an aromatic ring is 1. The molecule has 2 fully saturated rings. The van der Waals surface area contributed by atoms with E-state index in [4.69, 9.17) is 17.3 Å². The van der Waals surface area contributed by atoms with Gasteiger partial charge in [0.05, 0.1) is 10.6 Å². The van der Waals surface area contributed by atoms with Gasteiger partial charge in [-0.25, -0.2) is 4.98 Å². The van der Waals surface area contributed by atoms with Gasteiger partial charge in [0.2, 0.25) is 0 Å². The van der Waals surface area contributed by atoms with Crippen LogP contribution in [0.5, 0.6) is 0 Å². The number of hydrogen-bond donors (Lipinski definition) is 2. The Balaban J connectivity index is 1.61. The molecule has 3 rings (SSSR count). The molecule has 102 valence electrons. The molecule has 3 unspecified atom stereocenters. The number of nitrogens with one attached hydrogen (secondary N) is 1. The lowest BCUT2D eigenvalue weighted by Crippen LogP contribution is -2.31. The molecule has 3 N–H and O–H groups in total. The van der Waals surface area contributed by atoms with Gasteiger partial charge in [0.25, 0.3) is 5.91 Å². The molecule has 4 nitrogen and oxygen atoms in total. The SMILES string of the molecule is Nc1cc(C(=O)NCC2CC3CCC2C3)c(Cl)cn1. The fourth-order valence-corrected chi connectivity index (χ4v) is 3.76. The molecule has 1 aromatic rings. The van der Waals surface area contributed by atoms with Crippen LogP contribution in [0, 0.1) is 17.8 Å². The molecule has 0 saturated heterocycles. The summed E-state index contributed by atoms with van der Waals surface area (Å²) < 4.78 is 0. The van der Waals surface area contributed by atoms with Crippen LogP contribution in [0.1, 0.15) is 36.0 Å². The van der Waals surface area contributed by atoms with Crippen molar-refractivity contribution in [1.82, 2.24) is 10.3 Å². The first-order valence-electron chi connectivity index (χ1n) is 6.82. The minimum atomic E-state index is -0.151. The van der Waals surface area contributed by atoms with Gasteiger partial charge in [-0.05, 0) is 43.1 Å². The first kappa shape index (κ1) is 12.7. The second-order valence-corrected chi connectivity index (χ2v) is 6.14. The van der Waals surface area contributed by atoms with Crippen LogP contribution in [0.4, 0.5) is 5.82 Å². The Kier molecular flexibility index (Phi) is 3.35. The van der Waals surface area contributed by atoms with Crippen molar-refractivity contribution in [2.24, 2.45) is 17.8 Å². The lowest BCUT2D eigenvalue weighted by atomic mass is 9.89. The lowest BCUT2D eigenvalue weighted by Gasteiger charge is -2.21. The molecule has 0 spiro atoms. The molecule has 0 aromatic carbocycles. The highest BCUT2D eigenvalue weighted by molar-refractivity contribution is 6.33. The molecule has 1 aromatic heterocycles. The molecule has 1 amide bonds. The van der Waals surface area contributed by atoms with E-state index < -0.39 is 0 Å². The van der Waals surface area contributed by atoms with Crippen molar-refractivity contribution in [2.45, 2.75) is 25.7 Å². The summed E-state index contributed by atoms with van der Waals surface area (Å²) in [5.74, 6) is 2.51. The molecule has 2 bridgehead atoms. The van der Waals surface area contributed by atoms with Crippen LogP contribution in [-0.2, 0) is 0 Å². The quantitative estimate of drug-likeness (QED) is 0.893. The van der Waals surface area contributed by atoms with Crippen LogP contribution in [0.15, 0.2) is 12.3 Å². The maximum absolute atomic E-state index is 12.1. The molecule has 19 heavy (non-hydrogen) atoms. The standard InChI is InChI=1S/C14H18ClN3O/c15-12-7-17-13(16)5-11(12)14(19)18-6-10-4-8-1-2-9(10)3-8/h5,7-10H,1-4,6H2,(H2,16,17)(H,18,19). The summed E-state index contributed by atoms with van der Waals surface area (Å²) in [7, 11) is 0. The lowest BCUT2D eigenvalue weighted by molar-refractivity contribution is 0.0942. The van der Waals surface area contributed by atoms with Gasteiger partial charge in [-0.1, -0.05) is 18.0 Å². The van der Waals surface area contributed by atoms with Crippen LogP contribution >= 0.6 is 11.6 Å². The Labute approximate surface area is 117 Å². The van der Waals surface area contributed by atoms with E-state index in [1.165, 1.54) is 37.9 Å². The van der Waals surface area contributed by atoms with Gasteiger partial charge in [0.1, 0.15) is 5.82 Å². The zero-order valence-electron chi connectivity index (χ0n) is 10.7. The van der Waals surface area contributed by atoms with Gasteiger partial charge < -0.3 is 11.1 Å². The van der Waals surface area contributed by atoms with Crippen LogP contribution in [0.2, 0.25) is 5.02 Å². The summed E-state index contributed by atoms with van der Waals surface area (Å²) in [5.41, 5.74) is 6.00. The van der Waals surface area contributed by atoms with Crippen molar-refractivity contribution >= 4 is 23.3 Å². The zero-order valence-corrected chi connectivity index (χ0v) is 11.5. The highest BCUT2D eigenvalue weighted by atomic mass is 35.5. The maximum Gasteiger partial charge on any atom is 0.252 e. The minimum Gasteiger partial charge on any atom is -0.384 e. The number of fused-ring (bicyclic) bond motifs is 2. The number of nitrogens with zero attached hydrogens (tertiary/aromatic N) is 1. The minimum absolute atomic E-state index is 0.151. The molecule has 2 saturated carbocycles. The smallest absolute Gasteiger partial charge is 0.252 e. The molecule has 1 heterocycles. The topological polar surface area (TPSA) is 68.0 Å². The van der Waals surface area contributed by atoms with Crippen LogP contribution < -0.4 is 11.1 Å². The fourth-order valence-electron chi connectivity index (χ4n) is 3.57. The number of carbonyl (C=O) groups is 1. The number of anilines is 1. The number of nitrogens with two attached hydrogens (primary N) is 1. The Morgan fingerprint density at radius 3 is 3.00 bits per heavy atom. The van der Waals surface area contributed by atoms with Crippen molar-refractivity contribution < 1.29 is 4.79 Å². The zero-order chi connectivity index (χ0) is 13.4. The van der Waals surface area contributed by atoms with Gasteiger partial charge >= 0.3 is 0 Å². The maximum atomic E-state index is 12.1. The second-order valence-electron chi connectivity index (χ2n) is 5.73. The first-order valence-corrected chi connectivity index (χ1v) is 7.20. The Morgan fingerprint density at radius 1 is 1.47 bits per heavy atom. The summed E-state index contributed by atoms with van der Waals surface area (Å²) in [6.45, 7) is 0.749. The predicted molar refractivity (Wildman–Crippen MR) is 74.9 cm³/mol. The van der Waals surface area contributed by atoms with E-state index in [9.17, 15) is 4.79 Å². The summed E-state index contributed by atoms with van der Waals surface area (Å²) in [6, 6.07) is 1.53. The third kappa shape index (κ3) is 2.54. The monoisotopic (exact) mass is 279 g/mol. The van der Waals surface area contributed by atoms with E-state index in [2.05, 4.69) is 10.3 Å². The molecule has 0 radical (unpaired) electrons. The number of halogens is 1. The van der Waals surface area contributed by atoms with Crippen molar-refractivity contribution in [3.8, 4) is 0 Å². The average Bonchev–Trinajstić information content (AvgIpc) is 3.01. The van der Waals surface area contributed by atoms with Gasteiger partial charge in [0, 0.05) is 12.7 Å². The third-order valence-electron chi connectivity index (χ3n) is 4.53. The van der Waals surface area contributed by atoms with Gasteiger partial charge in [-0.2, -0.15) is 0 Å². The van der Waals surface area contributed by atoms with E-state index in [0.29, 0.717) is 22.3 Å². The van der Waals surface area contributed by atoms with Crippen LogP contribution in [0.25, 0.3) is 0 Å². The van der Waals surface area contributed by atoms with E-state index in [-0.39, 0.29) is 5.91 Å². The summed E-state index contributed by atoms with van der Waals surface area (Å²) >= 11 is 5.97. The fraction of sp³-hybridized carbons (Fsp3) is 0.571. The van der Waals surface area contributed by atoms with Gasteiger partial charge in [-0.3, -0.25) is 4.79 Å². The number of hydrogen-bond acceptors (Lipinski definition) is 3. The molecule has 2 aliphatic carbocycles. The molecule has 3 atom stereocenters. The van der Waals surface area contributed by atoms with Crippen LogP contribution in [0.3, 0.4) is 0 Å². The second kappa shape index (κ2) is 5.00. The summed E-state index contributed by atoms with van der Waals surface area (Å²) in [4.78, 5) is 16.0. The molecule has 5 heteroatoms. The van der Waals surface area contributed by atoms with Crippen molar-refractivity contribution in [3.63, 3.8) is 0 Å². The largest absolute Gasteiger partial charge is 0.384 e. The Morgan fingerprint density at radius 2 is 2.32 bits per heavy atom. The average molecular weight is 280 g/mol. The van der Waals surface area contributed by atoms with Gasteiger partial charge in [0.15, 0.2) is 0 Å². The molecule has 2 aliphatic rings. The number of carbonyl (C=O) groups excluding carboxylic acids is 1. The number of rotatable bonds is 3. The normalized spacial score (nSPS) is 28.6. The highest BCUT2D eigenvalue weighted by Crippen LogP contribution is 2.47. The van der Waals surface area contributed by atoms with E-state index >= 15 is 0 Å². The van der Waals surface area contributed by atoms with Crippen molar-refractivity contribution in [1.29, 1.82) is 0 Å². The molecule has 0 aliphatic heterocycles. The Hall–Kier alpha value is -1.29. The Bertz CT molecular complexity index is 505. The predicted octanol–water partition coefficient (Wildman–Crippen LogP) is 2.48. The van der Waals surface area contributed by atoms with E-state index in [0.717, 1.165) is 18.4 Å². The summed E-state index contributed by atoms with van der Waals surface area (Å²) in [5, 5.41) is 3.33. The van der Waals surface area contributed by atoms with Crippen LogP contribution in [-0.4, -0.2) is 17.4 Å². The molecular weight excluding hydrogens is 262 g/mol. The van der Waals surface area contributed by atoms with E-state index in [1.54, 1.807) is 0 Å². The van der Waals surface area contributed by atoms with Crippen molar-refractivity contribution in [2.75, 3.05) is 12.3 Å². The summed E-state index contributed by atoms with van der Waals surface area (Å²) in [6.07, 6.45) is 6.74. The number of amides is 1.